The molecule has 0 saturated carbocycles. The summed E-state index contributed by atoms with van der Waals surface area (Å²) in [5, 5.41) is 11.5. The van der Waals surface area contributed by atoms with E-state index >= 15 is 0 Å². The highest BCUT2D eigenvalue weighted by atomic mass is 19.4. The fraction of sp³-hybridized carbons (Fsp3) is 0.214. The van der Waals surface area contributed by atoms with E-state index in [4.69, 9.17) is 9.52 Å². The Labute approximate surface area is 118 Å². The van der Waals surface area contributed by atoms with Crippen LogP contribution >= 0.6 is 0 Å². The second kappa shape index (κ2) is 5.51. The Morgan fingerprint density at radius 2 is 2.00 bits per heavy atom. The van der Waals surface area contributed by atoms with Crippen LogP contribution < -0.4 is 5.32 Å². The molecule has 2 rings (SSSR count). The number of nitrogens with one attached hydrogen (secondary N) is 1. The minimum Gasteiger partial charge on any atom is -0.475 e. The van der Waals surface area contributed by atoms with E-state index in [-0.39, 0.29) is 23.8 Å². The molecule has 0 fully saturated rings. The molecule has 0 radical (unpaired) electrons. The Morgan fingerprint density at radius 1 is 1.33 bits per heavy atom. The van der Waals surface area contributed by atoms with Gasteiger partial charge in [0, 0.05) is 11.3 Å². The molecule has 112 valence electrons. The molecule has 0 aliphatic heterocycles. The molecular formula is C14H12F3NO3. The molecule has 1 aromatic carbocycles. The third kappa shape index (κ3) is 3.36. The van der Waals surface area contributed by atoms with Crippen LogP contribution in [0.25, 0.3) is 0 Å². The number of furan rings is 1. The quantitative estimate of drug-likeness (QED) is 0.898. The van der Waals surface area contributed by atoms with Crippen LogP contribution in [0, 0.1) is 6.92 Å². The number of halogens is 3. The van der Waals surface area contributed by atoms with E-state index in [9.17, 15) is 18.0 Å². The summed E-state index contributed by atoms with van der Waals surface area (Å²) in [6.45, 7) is 1.52. The normalized spacial score (nSPS) is 11.4. The summed E-state index contributed by atoms with van der Waals surface area (Å²) in [5.74, 6) is -1.17. The lowest BCUT2D eigenvalue weighted by molar-refractivity contribution is -0.137. The van der Waals surface area contributed by atoms with Crippen LogP contribution in [0.5, 0.6) is 0 Å². The molecule has 2 N–H and O–H groups in total. The van der Waals surface area contributed by atoms with Gasteiger partial charge in [0.1, 0.15) is 5.76 Å². The van der Waals surface area contributed by atoms with E-state index in [1.54, 1.807) is 6.92 Å². The van der Waals surface area contributed by atoms with E-state index in [1.165, 1.54) is 24.3 Å². The van der Waals surface area contributed by atoms with E-state index < -0.39 is 17.7 Å². The maximum absolute atomic E-state index is 12.8. The van der Waals surface area contributed by atoms with Crippen molar-refractivity contribution in [2.45, 2.75) is 19.6 Å². The molecule has 2 aromatic rings. The zero-order valence-corrected chi connectivity index (χ0v) is 11.0. The molecule has 0 saturated heterocycles. The standard InChI is InChI=1S/C14H12F3NO3/c1-8-6-9(21-12(8)13(19)20)7-18-11-5-3-2-4-10(11)14(15,16)17/h2-6,18H,7H2,1H3,(H,19,20). The number of alkyl halides is 3. The topological polar surface area (TPSA) is 62.5 Å². The predicted octanol–water partition coefficient (Wildman–Crippen LogP) is 3.92. The van der Waals surface area contributed by atoms with Gasteiger partial charge in [-0.25, -0.2) is 4.79 Å². The van der Waals surface area contributed by atoms with E-state index in [0.717, 1.165) is 6.07 Å². The van der Waals surface area contributed by atoms with Gasteiger partial charge in [0.05, 0.1) is 12.1 Å². The van der Waals surface area contributed by atoms with Crippen LogP contribution in [0.1, 0.15) is 27.4 Å². The monoisotopic (exact) mass is 299 g/mol. The average molecular weight is 299 g/mol. The third-order valence-electron chi connectivity index (χ3n) is 2.85. The van der Waals surface area contributed by atoms with Gasteiger partial charge in [-0.3, -0.25) is 0 Å². The number of hydrogen-bond donors (Lipinski definition) is 2. The lowest BCUT2D eigenvalue weighted by Crippen LogP contribution is -2.10. The van der Waals surface area contributed by atoms with Crippen molar-refractivity contribution in [2.24, 2.45) is 0 Å². The van der Waals surface area contributed by atoms with Gasteiger partial charge in [-0.2, -0.15) is 13.2 Å². The summed E-state index contributed by atoms with van der Waals surface area (Å²) in [7, 11) is 0. The highest BCUT2D eigenvalue weighted by Crippen LogP contribution is 2.34. The summed E-state index contributed by atoms with van der Waals surface area (Å²) in [5.41, 5.74) is -0.453. The van der Waals surface area contributed by atoms with Crippen molar-refractivity contribution in [3.8, 4) is 0 Å². The van der Waals surface area contributed by atoms with Crippen LogP contribution in [-0.4, -0.2) is 11.1 Å². The van der Waals surface area contributed by atoms with Gasteiger partial charge in [-0.05, 0) is 25.1 Å². The molecule has 1 heterocycles. The molecule has 0 bridgehead atoms. The molecule has 0 spiro atoms. The number of aromatic carboxylic acids is 1. The molecule has 0 aliphatic carbocycles. The first-order chi connectivity index (χ1) is 9.79. The number of carboxylic acid groups (broad SMARTS) is 1. The number of hydrogen-bond acceptors (Lipinski definition) is 3. The van der Waals surface area contributed by atoms with Gasteiger partial charge in [0.25, 0.3) is 0 Å². The molecular weight excluding hydrogens is 287 g/mol. The molecule has 4 nitrogen and oxygen atoms in total. The summed E-state index contributed by atoms with van der Waals surface area (Å²) in [6.07, 6.45) is -4.46. The smallest absolute Gasteiger partial charge is 0.418 e. The van der Waals surface area contributed by atoms with Crippen molar-refractivity contribution in [1.29, 1.82) is 0 Å². The molecule has 0 unspecified atom stereocenters. The average Bonchev–Trinajstić information content (AvgIpc) is 2.77. The van der Waals surface area contributed by atoms with Gasteiger partial charge >= 0.3 is 12.1 Å². The second-order valence-electron chi connectivity index (χ2n) is 4.43. The number of aryl methyl sites for hydroxylation is 1. The first kappa shape index (κ1) is 15.0. The summed E-state index contributed by atoms with van der Waals surface area (Å²) in [6, 6.07) is 6.53. The van der Waals surface area contributed by atoms with Gasteiger partial charge in [0.2, 0.25) is 5.76 Å². The number of carbonyl (C=O) groups is 1. The van der Waals surface area contributed by atoms with Gasteiger partial charge < -0.3 is 14.8 Å². The Morgan fingerprint density at radius 3 is 2.57 bits per heavy atom. The number of carboxylic acids is 1. The maximum atomic E-state index is 12.8. The fourth-order valence-electron chi connectivity index (χ4n) is 1.91. The summed E-state index contributed by atoms with van der Waals surface area (Å²) in [4.78, 5) is 10.8. The highest BCUT2D eigenvalue weighted by Gasteiger charge is 2.33. The van der Waals surface area contributed by atoms with E-state index in [0.29, 0.717) is 5.56 Å². The Hall–Kier alpha value is -2.44. The van der Waals surface area contributed by atoms with Crippen LogP contribution in [0.4, 0.5) is 18.9 Å². The Balaban J connectivity index is 2.18. The van der Waals surface area contributed by atoms with Crippen LogP contribution in [0.2, 0.25) is 0 Å². The zero-order valence-electron chi connectivity index (χ0n) is 11.0. The number of para-hydroxylation sites is 1. The van der Waals surface area contributed by atoms with Crippen molar-refractivity contribution >= 4 is 11.7 Å². The SMILES string of the molecule is Cc1cc(CNc2ccccc2C(F)(F)F)oc1C(=O)O. The maximum Gasteiger partial charge on any atom is 0.418 e. The molecule has 0 amide bonds. The number of benzene rings is 1. The Kier molecular flexibility index (Phi) is 3.93. The van der Waals surface area contributed by atoms with Crippen molar-refractivity contribution in [3.05, 3.63) is 53.0 Å². The van der Waals surface area contributed by atoms with Gasteiger partial charge in [-0.1, -0.05) is 12.1 Å². The summed E-state index contributed by atoms with van der Waals surface area (Å²) < 4.78 is 43.5. The molecule has 0 aliphatic rings. The van der Waals surface area contributed by atoms with E-state index in [2.05, 4.69) is 5.32 Å². The molecule has 21 heavy (non-hydrogen) atoms. The second-order valence-corrected chi connectivity index (χ2v) is 4.43. The predicted molar refractivity (Wildman–Crippen MR) is 69.2 cm³/mol. The van der Waals surface area contributed by atoms with Crippen molar-refractivity contribution < 1.29 is 27.5 Å². The molecule has 0 atom stereocenters. The van der Waals surface area contributed by atoms with Gasteiger partial charge in [0.15, 0.2) is 0 Å². The van der Waals surface area contributed by atoms with Crippen LogP contribution in [0.15, 0.2) is 34.7 Å². The fourth-order valence-corrected chi connectivity index (χ4v) is 1.91. The first-order valence-corrected chi connectivity index (χ1v) is 6.01. The Bertz CT molecular complexity index is 662. The zero-order chi connectivity index (χ0) is 15.6. The van der Waals surface area contributed by atoms with Crippen molar-refractivity contribution in [1.82, 2.24) is 0 Å². The lowest BCUT2D eigenvalue weighted by atomic mass is 10.1. The minimum atomic E-state index is -4.46. The molecule has 1 aromatic heterocycles. The minimum absolute atomic E-state index is 0.0405. The van der Waals surface area contributed by atoms with Crippen molar-refractivity contribution in [2.75, 3.05) is 5.32 Å². The summed E-state index contributed by atoms with van der Waals surface area (Å²) >= 11 is 0. The van der Waals surface area contributed by atoms with Crippen molar-refractivity contribution in [3.63, 3.8) is 0 Å². The lowest BCUT2D eigenvalue weighted by Gasteiger charge is -2.13. The highest BCUT2D eigenvalue weighted by molar-refractivity contribution is 5.86. The largest absolute Gasteiger partial charge is 0.475 e. The van der Waals surface area contributed by atoms with E-state index in [1.807, 2.05) is 0 Å². The number of anilines is 1. The third-order valence-corrected chi connectivity index (χ3v) is 2.85. The number of rotatable bonds is 4. The first-order valence-electron chi connectivity index (χ1n) is 6.01. The van der Waals surface area contributed by atoms with Gasteiger partial charge in [-0.15, -0.1) is 0 Å². The van der Waals surface area contributed by atoms with Crippen LogP contribution in [0.3, 0.4) is 0 Å². The molecule has 7 heteroatoms. The van der Waals surface area contributed by atoms with Crippen LogP contribution in [-0.2, 0) is 12.7 Å².